The van der Waals surface area contributed by atoms with Crippen LogP contribution in [0, 0.1) is 0 Å². The molecule has 94 valence electrons. The zero-order valence-corrected chi connectivity index (χ0v) is 11.0. The molecule has 0 aliphatic carbocycles. The van der Waals surface area contributed by atoms with Gasteiger partial charge in [-0.05, 0) is 24.6 Å². The lowest BCUT2D eigenvalue weighted by atomic mass is 10.3. The molecule has 1 aromatic heterocycles. The normalized spacial score (nSPS) is 10.2. The molecule has 5 heteroatoms. The van der Waals surface area contributed by atoms with E-state index in [0.717, 1.165) is 30.1 Å². The zero-order chi connectivity index (χ0) is 12.5. The van der Waals surface area contributed by atoms with E-state index in [1.54, 1.807) is 6.20 Å². The summed E-state index contributed by atoms with van der Waals surface area (Å²) >= 11 is 1.41. The molecule has 0 saturated heterocycles. The third-order valence-corrected chi connectivity index (χ3v) is 3.17. The van der Waals surface area contributed by atoms with Crippen molar-refractivity contribution in [3.63, 3.8) is 0 Å². The van der Waals surface area contributed by atoms with Gasteiger partial charge in [-0.15, -0.1) is 0 Å². The van der Waals surface area contributed by atoms with Crippen molar-refractivity contribution in [3.05, 3.63) is 23.9 Å². The van der Waals surface area contributed by atoms with E-state index in [9.17, 15) is 4.79 Å². The highest BCUT2D eigenvalue weighted by Gasteiger charge is 2.07. The molecule has 1 heterocycles. The van der Waals surface area contributed by atoms with Crippen LogP contribution in [0.1, 0.15) is 18.9 Å². The largest absolute Gasteiger partial charge is 0.468 e. The summed E-state index contributed by atoms with van der Waals surface area (Å²) in [5, 5.41) is 4.21. The highest BCUT2D eigenvalue weighted by molar-refractivity contribution is 7.99. The summed E-state index contributed by atoms with van der Waals surface area (Å²) < 4.78 is 4.61. The molecule has 0 radical (unpaired) electrons. The maximum Gasteiger partial charge on any atom is 0.316 e. The summed E-state index contributed by atoms with van der Waals surface area (Å²) in [6.45, 7) is 3.89. The fourth-order valence-corrected chi connectivity index (χ4v) is 2.11. The minimum atomic E-state index is -0.229. The number of hydrogen-bond acceptors (Lipinski definition) is 5. The molecule has 0 unspecified atom stereocenters. The second kappa shape index (κ2) is 8.08. The van der Waals surface area contributed by atoms with Gasteiger partial charge in [-0.2, -0.15) is 0 Å². The quantitative estimate of drug-likeness (QED) is 0.457. The van der Waals surface area contributed by atoms with Crippen molar-refractivity contribution < 1.29 is 9.53 Å². The van der Waals surface area contributed by atoms with E-state index in [4.69, 9.17) is 0 Å². The van der Waals surface area contributed by atoms with Crippen molar-refractivity contribution in [1.29, 1.82) is 0 Å². The fraction of sp³-hybridized carbons (Fsp3) is 0.500. The first kappa shape index (κ1) is 14.0. The summed E-state index contributed by atoms with van der Waals surface area (Å²) in [7, 11) is 1.39. The van der Waals surface area contributed by atoms with Crippen LogP contribution in [0.3, 0.4) is 0 Å². The lowest BCUT2D eigenvalue weighted by Crippen LogP contribution is -2.15. The van der Waals surface area contributed by atoms with E-state index in [0.29, 0.717) is 5.75 Å². The number of rotatable bonds is 7. The van der Waals surface area contributed by atoms with Crippen LogP contribution in [0.4, 0.5) is 0 Å². The van der Waals surface area contributed by atoms with Gasteiger partial charge in [0.15, 0.2) is 0 Å². The number of nitrogens with one attached hydrogen (secondary N) is 1. The first-order valence-electron chi connectivity index (χ1n) is 5.62. The second-order valence-electron chi connectivity index (χ2n) is 3.51. The van der Waals surface area contributed by atoms with Gasteiger partial charge in [0.2, 0.25) is 0 Å². The van der Waals surface area contributed by atoms with Gasteiger partial charge in [0.25, 0.3) is 0 Å². The Morgan fingerprint density at radius 1 is 1.59 bits per heavy atom. The number of pyridine rings is 1. The van der Waals surface area contributed by atoms with Crippen LogP contribution in [0.5, 0.6) is 0 Å². The van der Waals surface area contributed by atoms with Crippen molar-refractivity contribution in [2.45, 2.75) is 24.9 Å². The number of aromatic nitrogens is 1. The lowest BCUT2D eigenvalue weighted by molar-refractivity contribution is -0.137. The Balaban J connectivity index is 2.54. The van der Waals surface area contributed by atoms with Crippen molar-refractivity contribution >= 4 is 17.7 Å². The molecule has 0 aliphatic heterocycles. The molecule has 0 amide bonds. The summed E-state index contributed by atoms with van der Waals surface area (Å²) in [6, 6.07) is 3.93. The predicted molar refractivity (Wildman–Crippen MR) is 69.0 cm³/mol. The van der Waals surface area contributed by atoms with Crippen molar-refractivity contribution in [2.75, 3.05) is 19.4 Å². The third-order valence-electron chi connectivity index (χ3n) is 2.15. The maximum absolute atomic E-state index is 11.1. The number of methoxy groups -OCH3 is 1. The smallest absolute Gasteiger partial charge is 0.316 e. The molecule has 17 heavy (non-hydrogen) atoms. The summed E-state index contributed by atoms with van der Waals surface area (Å²) in [5.41, 5.74) is 1.12. The Morgan fingerprint density at radius 2 is 2.41 bits per heavy atom. The molecule has 0 fully saturated rings. The topological polar surface area (TPSA) is 51.2 Å². The third kappa shape index (κ3) is 5.19. The number of esters is 1. The molecule has 0 spiro atoms. The molecule has 1 rings (SSSR count). The predicted octanol–water partition coefficient (Wildman–Crippen LogP) is 1.85. The number of carbonyl (C=O) groups is 1. The molecule has 0 aromatic carbocycles. The Bertz CT molecular complexity index is 358. The van der Waals surface area contributed by atoms with Gasteiger partial charge in [-0.25, -0.2) is 4.98 Å². The lowest BCUT2D eigenvalue weighted by Gasteiger charge is -2.08. The molecule has 0 atom stereocenters. The van der Waals surface area contributed by atoms with Crippen LogP contribution in [0.2, 0.25) is 0 Å². The zero-order valence-electron chi connectivity index (χ0n) is 10.2. The number of thioether (sulfide) groups is 1. The van der Waals surface area contributed by atoms with Gasteiger partial charge in [0.1, 0.15) is 5.03 Å². The minimum absolute atomic E-state index is 0.229. The molecule has 1 N–H and O–H groups in total. The molecule has 0 saturated carbocycles. The van der Waals surface area contributed by atoms with Crippen LogP contribution < -0.4 is 5.32 Å². The van der Waals surface area contributed by atoms with Crippen LogP contribution >= 0.6 is 11.8 Å². The number of ether oxygens (including phenoxy) is 1. The van der Waals surface area contributed by atoms with E-state index in [1.807, 2.05) is 12.1 Å². The molecule has 0 aliphatic rings. The van der Waals surface area contributed by atoms with E-state index in [1.165, 1.54) is 18.9 Å². The number of hydrogen-bond donors (Lipinski definition) is 1. The Kier molecular flexibility index (Phi) is 6.65. The highest BCUT2D eigenvalue weighted by Crippen LogP contribution is 2.19. The van der Waals surface area contributed by atoms with E-state index >= 15 is 0 Å². The van der Waals surface area contributed by atoms with Crippen molar-refractivity contribution in [3.8, 4) is 0 Å². The molecular formula is C12H18N2O2S. The number of nitrogens with zero attached hydrogens (tertiary/aromatic N) is 1. The van der Waals surface area contributed by atoms with Gasteiger partial charge in [0.05, 0.1) is 12.9 Å². The van der Waals surface area contributed by atoms with Crippen molar-refractivity contribution in [2.24, 2.45) is 0 Å². The van der Waals surface area contributed by atoms with Crippen LogP contribution in [-0.2, 0) is 16.1 Å². The Hall–Kier alpha value is -1.07. The molecule has 1 aromatic rings. The standard InChI is InChI=1S/C12H18N2O2S/c1-3-6-13-8-10-5-4-7-14-12(10)17-9-11(15)16-2/h4-5,7,13H,3,6,8-9H2,1-2H3. The van der Waals surface area contributed by atoms with Crippen LogP contribution in [0.15, 0.2) is 23.4 Å². The monoisotopic (exact) mass is 254 g/mol. The Morgan fingerprint density at radius 3 is 3.12 bits per heavy atom. The first-order valence-corrected chi connectivity index (χ1v) is 6.60. The van der Waals surface area contributed by atoms with Crippen LogP contribution in [-0.4, -0.2) is 30.4 Å². The van der Waals surface area contributed by atoms with Crippen LogP contribution in [0.25, 0.3) is 0 Å². The second-order valence-corrected chi connectivity index (χ2v) is 4.47. The molecule has 4 nitrogen and oxygen atoms in total. The summed E-state index contributed by atoms with van der Waals surface area (Å²) in [4.78, 5) is 15.3. The van der Waals surface area contributed by atoms with E-state index in [2.05, 4.69) is 22.0 Å². The number of carbonyl (C=O) groups excluding carboxylic acids is 1. The van der Waals surface area contributed by atoms with Gasteiger partial charge < -0.3 is 10.1 Å². The van der Waals surface area contributed by atoms with Gasteiger partial charge >= 0.3 is 5.97 Å². The average molecular weight is 254 g/mol. The molecular weight excluding hydrogens is 236 g/mol. The van der Waals surface area contributed by atoms with Gasteiger partial charge in [-0.1, -0.05) is 24.8 Å². The molecule has 0 bridgehead atoms. The Labute approximate surface area is 106 Å². The summed E-state index contributed by atoms with van der Waals surface area (Å²) in [5.74, 6) is 0.0713. The highest BCUT2D eigenvalue weighted by atomic mass is 32.2. The van der Waals surface area contributed by atoms with E-state index in [-0.39, 0.29) is 5.97 Å². The van der Waals surface area contributed by atoms with Gasteiger partial charge in [0, 0.05) is 12.7 Å². The fourth-order valence-electron chi connectivity index (χ4n) is 1.27. The summed E-state index contributed by atoms with van der Waals surface area (Å²) in [6.07, 6.45) is 2.84. The maximum atomic E-state index is 11.1. The first-order chi connectivity index (χ1) is 8.27. The minimum Gasteiger partial charge on any atom is -0.468 e. The van der Waals surface area contributed by atoms with Crippen molar-refractivity contribution in [1.82, 2.24) is 10.3 Å². The SMILES string of the molecule is CCCNCc1cccnc1SCC(=O)OC. The average Bonchev–Trinajstić information content (AvgIpc) is 2.37. The van der Waals surface area contributed by atoms with E-state index < -0.39 is 0 Å². The van der Waals surface area contributed by atoms with Gasteiger partial charge in [-0.3, -0.25) is 4.79 Å².